The molecule has 1 amide bonds. The van der Waals surface area contributed by atoms with Gasteiger partial charge in [0.2, 0.25) is 5.91 Å². The molecule has 0 heterocycles. The molecule has 0 aliphatic rings. The van der Waals surface area contributed by atoms with Crippen LogP contribution in [0, 0.1) is 0 Å². The quantitative estimate of drug-likeness (QED) is 0.199. The zero-order valence-corrected chi connectivity index (χ0v) is 18.4. The third-order valence-corrected chi connectivity index (χ3v) is 5.41. The monoisotopic (exact) mass is 383 g/mol. The van der Waals surface area contributed by atoms with E-state index in [2.05, 4.69) is 12.2 Å². The van der Waals surface area contributed by atoms with Gasteiger partial charge in [0.15, 0.2) is 0 Å². The number of carbonyl (C=O) groups excluding carboxylic acids is 1. The molecule has 0 unspecified atom stereocenters. The van der Waals surface area contributed by atoms with E-state index in [0.29, 0.717) is 6.42 Å². The van der Waals surface area contributed by atoms with Crippen LogP contribution >= 0.6 is 0 Å². The minimum atomic E-state index is 0.175. The minimum Gasteiger partial charge on any atom is -0.396 e. The van der Waals surface area contributed by atoms with Crippen LogP contribution in [0.5, 0.6) is 0 Å². The van der Waals surface area contributed by atoms with Gasteiger partial charge in [-0.2, -0.15) is 0 Å². The standard InChI is InChI=1S/C24H49NO2/c1-2-3-4-5-6-7-8-9-10-11-12-13-14-15-16-19-22-25-24(27)21-18-17-20-23-26/h26H,2-23H2,1H3,(H,25,27). The second-order valence-electron chi connectivity index (χ2n) is 8.19. The number of aliphatic hydroxyl groups is 1. The molecule has 0 aliphatic carbocycles. The topological polar surface area (TPSA) is 49.3 Å². The predicted octanol–water partition coefficient (Wildman–Crippen LogP) is 6.92. The fraction of sp³-hybridized carbons (Fsp3) is 0.958. The maximum absolute atomic E-state index is 11.6. The van der Waals surface area contributed by atoms with E-state index in [9.17, 15) is 4.79 Å². The second-order valence-corrected chi connectivity index (χ2v) is 8.19. The van der Waals surface area contributed by atoms with Crippen molar-refractivity contribution in [1.29, 1.82) is 0 Å². The average Bonchev–Trinajstić information content (AvgIpc) is 2.67. The first kappa shape index (κ1) is 26.4. The van der Waals surface area contributed by atoms with E-state index < -0.39 is 0 Å². The summed E-state index contributed by atoms with van der Waals surface area (Å²) in [6, 6.07) is 0. The Morgan fingerprint density at radius 1 is 0.593 bits per heavy atom. The number of nitrogens with one attached hydrogen (secondary N) is 1. The van der Waals surface area contributed by atoms with Crippen LogP contribution < -0.4 is 5.32 Å². The molecule has 3 nitrogen and oxygen atoms in total. The van der Waals surface area contributed by atoms with Crippen LogP contribution in [0.25, 0.3) is 0 Å². The fourth-order valence-corrected chi connectivity index (χ4v) is 3.56. The van der Waals surface area contributed by atoms with Crippen LogP contribution in [-0.4, -0.2) is 24.2 Å². The largest absolute Gasteiger partial charge is 0.396 e. The van der Waals surface area contributed by atoms with E-state index in [-0.39, 0.29) is 12.5 Å². The van der Waals surface area contributed by atoms with Crippen molar-refractivity contribution in [2.45, 2.75) is 135 Å². The Bertz CT molecular complexity index is 294. The van der Waals surface area contributed by atoms with E-state index in [1.807, 2.05) is 0 Å². The maximum atomic E-state index is 11.6. The second kappa shape index (κ2) is 23.5. The first-order valence-electron chi connectivity index (χ1n) is 12.2. The average molecular weight is 384 g/mol. The van der Waals surface area contributed by atoms with Gasteiger partial charge in [-0.25, -0.2) is 0 Å². The van der Waals surface area contributed by atoms with Gasteiger partial charge < -0.3 is 10.4 Å². The van der Waals surface area contributed by atoms with Crippen molar-refractivity contribution in [3.63, 3.8) is 0 Å². The van der Waals surface area contributed by atoms with E-state index in [1.54, 1.807) is 0 Å². The first-order valence-corrected chi connectivity index (χ1v) is 12.2. The van der Waals surface area contributed by atoms with Gasteiger partial charge in [0.25, 0.3) is 0 Å². The molecule has 0 rings (SSSR count). The minimum absolute atomic E-state index is 0.175. The summed E-state index contributed by atoms with van der Waals surface area (Å²) >= 11 is 0. The van der Waals surface area contributed by atoms with Crippen molar-refractivity contribution in [1.82, 2.24) is 5.32 Å². The maximum Gasteiger partial charge on any atom is 0.219 e. The fourth-order valence-electron chi connectivity index (χ4n) is 3.56. The molecule has 3 heteroatoms. The highest BCUT2D eigenvalue weighted by molar-refractivity contribution is 5.75. The number of rotatable bonds is 22. The summed E-state index contributed by atoms with van der Waals surface area (Å²) in [6.45, 7) is 3.35. The van der Waals surface area contributed by atoms with E-state index in [0.717, 1.165) is 32.2 Å². The lowest BCUT2D eigenvalue weighted by Crippen LogP contribution is -2.23. The molecule has 0 saturated carbocycles. The zero-order chi connectivity index (χ0) is 19.8. The molecule has 0 aliphatic heterocycles. The Labute approximate surface area is 170 Å². The van der Waals surface area contributed by atoms with E-state index in [4.69, 9.17) is 5.11 Å². The van der Waals surface area contributed by atoms with Crippen molar-refractivity contribution in [3.05, 3.63) is 0 Å². The van der Waals surface area contributed by atoms with Crippen LogP contribution in [0.2, 0.25) is 0 Å². The molecule has 2 N–H and O–H groups in total. The summed E-state index contributed by atoms with van der Waals surface area (Å²) in [5, 5.41) is 11.7. The Morgan fingerprint density at radius 3 is 1.44 bits per heavy atom. The lowest BCUT2D eigenvalue weighted by molar-refractivity contribution is -0.121. The smallest absolute Gasteiger partial charge is 0.219 e. The Hall–Kier alpha value is -0.570. The third kappa shape index (κ3) is 23.4. The van der Waals surface area contributed by atoms with E-state index >= 15 is 0 Å². The first-order chi connectivity index (χ1) is 13.3. The van der Waals surface area contributed by atoms with Crippen molar-refractivity contribution >= 4 is 5.91 Å². The molecule has 0 atom stereocenters. The molecule has 27 heavy (non-hydrogen) atoms. The van der Waals surface area contributed by atoms with Crippen LogP contribution in [0.4, 0.5) is 0 Å². The summed E-state index contributed by atoms with van der Waals surface area (Å²) in [4.78, 5) is 11.6. The normalized spacial score (nSPS) is 11.0. The highest BCUT2D eigenvalue weighted by Crippen LogP contribution is 2.13. The summed E-state index contributed by atoms with van der Waals surface area (Å²) in [5.74, 6) is 0.175. The molecule has 0 aromatic heterocycles. The van der Waals surface area contributed by atoms with Gasteiger partial charge in [-0.05, 0) is 19.3 Å². The Balaban J connectivity index is 3.07. The molecule has 0 bridgehead atoms. The van der Waals surface area contributed by atoms with Gasteiger partial charge in [0, 0.05) is 19.6 Å². The van der Waals surface area contributed by atoms with Crippen molar-refractivity contribution < 1.29 is 9.90 Å². The summed E-state index contributed by atoms with van der Waals surface area (Å²) in [6.07, 6.45) is 25.3. The van der Waals surface area contributed by atoms with Gasteiger partial charge in [0.05, 0.1) is 0 Å². The van der Waals surface area contributed by atoms with Gasteiger partial charge in [0.1, 0.15) is 0 Å². The lowest BCUT2D eigenvalue weighted by Gasteiger charge is -2.05. The summed E-state index contributed by atoms with van der Waals surface area (Å²) in [5.41, 5.74) is 0. The van der Waals surface area contributed by atoms with Crippen LogP contribution in [0.1, 0.15) is 135 Å². The van der Waals surface area contributed by atoms with Gasteiger partial charge in [-0.3, -0.25) is 4.79 Å². The molecule has 0 aromatic rings. The molecule has 0 radical (unpaired) electrons. The van der Waals surface area contributed by atoms with Crippen molar-refractivity contribution in [2.75, 3.05) is 13.2 Å². The van der Waals surface area contributed by atoms with Crippen LogP contribution in [-0.2, 0) is 4.79 Å². The number of hydrogen-bond donors (Lipinski definition) is 2. The number of unbranched alkanes of at least 4 members (excludes halogenated alkanes) is 17. The van der Waals surface area contributed by atoms with E-state index in [1.165, 1.54) is 96.3 Å². The van der Waals surface area contributed by atoms with Gasteiger partial charge >= 0.3 is 0 Å². The third-order valence-electron chi connectivity index (χ3n) is 5.41. The number of hydrogen-bond acceptors (Lipinski definition) is 2. The molecular weight excluding hydrogens is 334 g/mol. The highest BCUT2D eigenvalue weighted by Gasteiger charge is 2.00. The molecular formula is C24H49NO2. The van der Waals surface area contributed by atoms with Crippen molar-refractivity contribution in [2.24, 2.45) is 0 Å². The Kier molecular flexibility index (Phi) is 23.0. The molecule has 0 spiro atoms. The van der Waals surface area contributed by atoms with Crippen molar-refractivity contribution in [3.8, 4) is 0 Å². The molecule has 0 saturated heterocycles. The number of carbonyl (C=O) groups is 1. The number of amides is 1. The van der Waals surface area contributed by atoms with Gasteiger partial charge in [-0.1, -0.05) is 110 Å². The molecule has 0 aromatic carbocycles. The SMILES string of the molecule is CCCCCCCCCCCCCCCCCCNC(=O)CCCCCO. The summed E-state index contributed by atoms with van der Waals surface area (Å²) < 4.78 is 0. The van der Waals surface area contributed by atoms with Crippen LogP contribution in [0.15, 0.2) is 0 Å². The highest BCUT2D eigenvalue weighted by atomic mass is 16.2. The lowest BCUT2D eigenvalue weighted by atomic mass is 10.0. The van der Waals surface area contributed by atoms with Gasteiger partial charge in [-0.15, -0.1) is 0 Å². The molecule has 162 valence electrons. The zero-order valence-electron chi connectivity index (χ0n) is 18.4. The Morgan fingerprint density at radius 2 is 1.00 bits per heavy atom. The molecule has 0 fully saturated rings. The predicted molar refractivity (Wildman–Crippen MR) is 118 cm³/mol. The number of aliphatic hydroxyl groups excluding tert-OH is 1. The summed E-state index contributed by atoms with van der Waals surface area (Å²) in [7, 11) is 0. The van der Waals surface area contributed by atoms with Crippen LogP contribution in [0.3, 0.4) is 0 Å².